The van der Waals surface area contributed by atoms with Crippen LogP contribution >= 0.6 is 23.5 Å². The maximum absolute atomic E-state index is 16.0. The monoisotopic (exact) mass is 1430 g/mol. The van der Waals surface area contributed by atoms with E-state index in [0.29, 0.717) is 0 Å². The Hall–Kier alpha value is -7.14. The lowest BCUT2D eigenvalue weighted by Gasteiger charge is -2.33. The lowest BCUT2D eigenvalue weighted by Crippen LogP contribution is -2.45. The number of phosphoric acid groups is 3. The molecule has 6 N–H and O–H groups in total. The first-order valence-electron chi connectivity index (χ1n) is 29.1. The molecule has 0 aliphatic carbocycles. The van der Waals surface area contributed by atoms with Crippen molar-refractivity contribution in [3.63, 3.8) is 0 Å². The molecule has 6 saturated heterocycles. The number of imidazole rings is 3. The summed E-state index contributed by atoms with van der Waals surface area (Å²) >= 11 is 0. The summed E-state index contributed by atoms with van der Waals surface area (Å²) in [5.41, 5.74) is 11.8. The zero-order valence-electron chi connectivity index (χ0n) is 53.3. The summed E-state index contributed by atoms with van der Waals surface area (Å²) in [5, 5.41) is 0. The van der Waals surface area contributed by atoms with E-state index in [1.54, 1.807) is 41.5 Å². The van der Waals surface area contributed by atoms with Crippen LogP contribution in [0.5, 0.6) is 17.6 Å². The number of esters is 3. The van der Waals surface area contributed by atoms with Crippen molar-refractivity contribution in [1.82, 2.24) is 58.6 Å². The van der Waals surface area contributed by atoms with E-state index in [4.69, 9.17) is 101 Å². The normalized spacial score (nSPS) is 32.2. The fourth-order valence-corrected chi connectivity index (χ4v) is 14.9. The molecule has 0 bridgehead atoms. The van der Waals surface area contributed by atoms with Gasteiger partial charge in [0.1, 0.15) is 36.6 Å². The Kier molecular flexibility index (Phi) is 20.6. The van der Waals surface area contributed by atoms with Crippen molar-refractivity contribution in [3.05, 3.63) is 19.0 Å². The number of aromatic nitrogens is 12. The molecule has 0 aromatic carbocycles. The molecule has 12 rings (SSSR count). The number of carbonyl (C=O) groups is 3. The molecule has 0 radical (unpaired) electrons. The molecule has 0 amide bonds. The van der Waals surface area contributed by atoms with Crippen LogP contribution in [0.25, 0.3) is 33.5 Å². The first kappa shape index (κ1) is 71.6. The van der Waals surface area contributed by atoms with Gasteiger partial charge in [-0.25, -0.2) is 56.2 Å². The molecule has 6 fully saturated rings. The van der Waals surface area contributed by atoms with Gasteiger partial charge in [-0.3, -0.25) is 54.4 Å². The number of rotatable bonds is 18. The number of halogens is 3. The van der Waals surface area contributed by atoms with Gasteiger partial charge in [0.15, 0.2) is 89.0 Å². The van der Waals surface area contributed by atoms with E-state index in [9.17, 15) is 28.1 Å². The van der Waals surface area contributed by atoms with Crippen molar-refractivity contribution < 1.29 is 125 Å². The van der Waals surface area contributed by atoms with Crippen molar-refractivity contribution in [3.8, 4) is 17.6 Å². The molecule has 6 aromatic heterocycles. The topological polar surface area (TPSA) is 477 Å². The summed E-state index contributed by atoms with van der Waals surface area (Å²) in [6, 6.07) is 0. The highest BCUT2D eigenvalue weighted by atomic mass is 31.2. The molecule has 15 atom stereocenters. The number of carbonyl (C=O) groups excluding carboxylic acids is 3. The highest BCUT2D eigenvalue weighted by Gasteiger charge is 2.65. The summed E-state index contributed by atoms with van der Waals surface area (Å²) < 4.78 is 185. The van der Waals surface area contributed by atoms with Crippen LogP contribution in [0.2, 0.25) is 0 Å². The quantitative estimate of drug-likeness (QED) is 0.0601. The number of hydrogen-bond donors (Lipinski definition) is 3. The number of hydrogen-bond acceptors (Lipinski definition) is 36. The van der Waals surface area contributed by atoms with Gasteiger partial charge in [0.2, 0.25) is 35.5 Å². The van der Waals surface area contributed by atoms with Crippen LogP contribution in [0.4, 0.5) is 31.0 Å². The maximum atomic E-state index is 16.0. The van der Waals surface area contributed by atoms with Crippen molar-refractivity contribution >= 4 is 92.7 Å². The fourth-order valence-electron chi connectivity index (χ4n) is 10.7. The Bertz CT molecular complexity index is 3640. The Morgan fingerprint density at radius 1 is 0.490 bits per heavy atom. The maximum Gasteiger partial charge on any atom is 0.475 e. The number of methoxy groups -OCH3 is 3. The third kappa shape index (κ3) is 14.7. The van der Waals surface area contributed by atoms with Crippen LogP contribution in [0.15, 0.2) is 19.0 Å². The molecule has 39 nitrogen and oxygen atoms in total. The van der Waals surface area contributed by atoms with Crippen molar-refractivity contribution in [2.45, 2.75) is 153 Å². The molecule has 6 aliphatic rings. The van der Waals surface area contributed by atoms with Gasteiger partial charge in [0, 0.05) is 0 Å². The van der Waals surface area contributed by atoms with E-state index in [1.165, 1.54) is 74.8 Å². The number of anilines is 3. The number of fused-ring (bicyclic) bond motifs is 6. The molecular formula is C51H69F3N15O24P3. The number of phosphoric ester groups is 3. The molecule has 45 heteroatoms. The second-order valence-corrected chi connectivity index (χ2v) is 27.9. The highest BCUT2D eigenvalue weighted by molar-refractivity contribution is 7.49. The number of ether oxygens (including phenoxy) is 9. The number of nitrogens with zero attached hydrogens (tertiary/aromatic N) is 12. The summed E-state index contributed by atoms with van der Waals surface area (Å²) in [6.07, 6.45) is -7.79. The Morgan fingerprint density at radius 2 is 0.740 bits per heavy atom. The van der Waals surface area contributed by atoms with Gasteiger partial charge in [-0.15, -0.1) is 0 Å². The van der Waals surface area contributed by atoms with Gasteiger partial charge in [-0.1, -0.05) is 0 Å². The lowest BCUT2D eigenvalue weighted by atomic mass is 9.98. The number of nitrogens with two attached hydrogens (primary N) is 3. The van der Waals surface area contributed by atoms with Gasteiger partial charge < -0.3 is 59.8 Å². The molecule has 6 aromatic rings. The molecule has 96 heavy (non-hydrogen) atoms. The zero-order valence-corrected chi connectivity index (χ0v) is 56.0. The van der Waals surface area contributed by atoms with Crippen molar-refractivity contribution in [2.75, 3.05) is 78.2 Å². The van der Waals surface area contributed by atoms with E-state index in [1.807, 2.05) is 0 Å². The molecule has 1 unspecified atom stereocenters. The minimum Gasteiger partial charge on any atom is -0.479 e. The highest BCUT2D eigenvalue weighted by Crippen LogP contribution is 2.62. The third-order valence-corrected chi connectivity index (χ3v) is 18.8. The number of alkyl halides is 3. The largest absolute Gasteiger partial charge is 0.479 e. The van der Waals surface area contributed by atoms with E-state index in [0.717, 1.165) is 0 Å². The van der Waals surface area contributed by atoms with Gasteiger partial charge >= 0.3 is 41.4 Å². The average Bonchev–Trinajstić information content (AvgIpc) is 1.60. The molecule has 0 saturated carbocycles. The van der Waals surface area contributed by atoms with Crippen molar-refractivity contribution in [1.29, 1.82) is 0 Å². The summed E-state index contributed by atoms with van der Waals surface area (Å²) in [5.74, 6) is -2.22. The smallest absolute Gasteiger partial charge is 0.475 e. The van der Waals surface area contributed by atoms with E-state index in [-0.39, 0.29) is 107 Å². The minimum absolute atomic E-state index is 0.0992. The predicted molar refractivity (Wildman–Crippen MR) is 316 cm³/mol. The van der Waals surface area contributed by atoms with Gasteiger partial charge in [-0.05, 0) is 62.3 Å². The van der Waals surface area contributed by atoms with E-state index >= 15 is 13.2 Å². The number of nitrogen functional groups attached to an aromatic ring is 3. The second-order valence-electron chi connectivity index (χ2n) is 23.0. The average molecular weight is 1430 g/mol. The zero-order chi connectivity index (χ0) is 69.8. The van der Waals surface area contributed by atoms with Crippen LogP contribution in [-0.2, 0) is 97.2 Å². The standard InChI is InChI=1S/3C17H23FN5O8P/c3*1-8(2)29-10(24)6-28-32(25)27-5-9-12(31-32)17(3,18)15(30-9)23-7-20-11-13(23)21-16(19)22-14(11)26-4/h3*7-9,12,15H,5-6H2,1-4H3,(H2,19,21,22)/t9-,12-,15-,17-,32?;9-,12-,15-,17-,32+;9-,12-,15-,17-,32-/m111/s1. The van der Waals surface area contributed by atoms with Crippen molar-refractivity contribution in [2.24, 2.45) is 0 Å². The van der Waals surface area contributed by atoms with Crippen LogP contribution in [0.1, 0.15) is 81.0 Å². The minimum atomic E-state index is -4.24. The molecule has 0 spiro atoms. The SMILES string of the molecule is COc1nc(N)nc2c1ncn2[C@@H]1O[C@@H]2COP(=O)(OCC(=O)OC(C)C)O[C@H]2[C@@]1(C)F.COc1nc(N)nc2c1ncn2[C@@H]1O[C@@H]2CO[P@@](=O)(OCC(=O)OC(C)C)O[C@H]2[C@@]1(C)F.COc1nc(N)nc2c1ncn2[C@@H]1O[C@@H]2CO[P@](=O)(OCC(=O)OC(C)C)O[C@H]2[C@@]1(C)F. The van der Waals surface area contributed by atoms with Gasteiger partial charge in [-0.2, -0.15) is 29.9 Å². The third-order valence-electron chi connectivity index (χ3n) is 14.6. The lowest BCUT2D eigenvalue weighted by molar-refractivity contribution is -0.152. The first-order valence-corrected chi connectivity index (χ1v) is 33.5. The Labute approximate surface area is 542 Å². The predicted octanol–water partition coefficient (Wildman–Crippen LogP) is 4.60. The summed E-state index contributed by atoms with van der Waals surface area (Å²) in [4.78, 5) is 71.7. The summed E-state index contributed by atoms with van der Waals surface area (Å²) in [6.45, 7) is 10.7. The van der Waals surface area contributed by atoms with Crippen LogP contribution < -0.4 is 31.4 Å². The molecular weight excluding hydrogens is 1360 g/mol. The van der Waals surface area contributed by atoms with Crippen LogP contribution in [0, 0.1) is 0 Å². The fraction of sp³-hybridized carbons (Fsp3) is 0.647. The van der Waals surface area contributed by atoms with Crippen LogP contribution in [-0.4, -0.2) is 209 Å². The molecule has 528 valence electrons. The molecule has 12 heterocycles. The van der Waals surface area contributed by atoms with E-state index in [2.05, 4.69) is 44.9 Å². The molecule has 6 aliphatic heterocycles. The Morgan fingerprint density at radius 3 is 0.969 bits per heavy atom. The van der Waals surface area contributed by atoms with Gasteiger partial charge in [0.25, 0.3) is 0 Å². The second kappa shape index (κ2) is 27.6. The van der Waals surface area contributed by atoms with Gasteiger partial charge in [0.05, 0.1) is 78.4 Å². The summed E-state index contributed by atoms with van der Waals surface area (Å²) in [7, 11) is -8.57. The van der Waals surface area contributed by atoms with Crippen LogP contribution in [0.3, 0.4) is 0 Å². The Balaban J connectivity index is 0.000000157. The van der Waals surface area contributed by atoms with E-state index < -0.39 is 134 Å². The first-order chi connectivity index (χ1) is 45.1.